The lowest BCUT2D eigenvalue weighted by atomic mass is 9.94. The number of rotatable bonds is 1. The molecular formula is C10H23N. The van der Waals surface area contributed by atoms with E-state index in [1.54, 1.807) is 0 Å². The van der Waals surface area contributed by atoms with Gasteiger partial charge in [0.2, 0.25) is 0 Å². The fourth-order valence-corrected chi connectivity index (χ4v) is 0.949. The second kappa shape index (κ2) is 3.14. The van der Waals surface area contributed by atoms with Gasteiger partial charge in [-0.15, -0.1) is 0 Å². The first-order valence-corrected chi connectivity index (χ1v) is 4.34. The molecule has 0 aliphatic carbocycles. The summed E-state index contributed by atoms with van der Waals surface area (Å²) >= 11 is 0. The minimum absolute atomic E-state index is 0.299. The van der Waals surface area contributed by atoms with Gasteiger partial charge in [-0.05, 0) is 33.2 Å². The Morgan fingerprint density at radius 2 is 1.27 bits per heavy atom. The summed E-state index contributed by atoms with van der Waals surface area (Å²) in [6, 6.07) is 0. The highest BCUT2D eigenvalue weighted by atomic mass is 15.2. The maximum atomic E-state index is 2.40. The Labute approximate surface area is 71.8 Å². The van der Waals surface area contributed by atoms with E-state index < -0.39 is 0 Å². The highest BCUT2D eigenvalue weighted by Crippen LogP contribution is 2.19. The largest absolute Gasteiger partial charge is 0.301 e. The molecule has 11 heavy (non-hydrogen) atoms. The van der Waals surface area contributed by atoms with Crippen LogP contribution in [0, 0.1) is 5.41 Å². The summed E-state index contributed by atoms with van der Waals surface area (Å²) in [7, 11) is 2.19. The van der Waals surface area contributed by atoms with E-state index in [4.69, 9.17) is 0 Å². The molecule has 0 saturated carbocycles. The van der Waals surface area contributed by atoms with Gasteiger partial charge in [0.1, 0.15) is 0 Å². The van der Waals surface area contributed by atoms with E-state index in [2.05, 4.69) is 53.5 Å². The predicted octanol–water partition coefficient (Wildman–Crippen LogP) is 2.76. The van der Waals surface area contributed by atoms with Crippen LogP contribution >= 0.6 is 0 Å². The first kappa shape index (κ1) is 11.0. The fraction of sp³-hybridized carbons (Fsp3) is 1.00. The van der Waals surface area contributed by atoms with Gasteiger partial charge < -0.3 is 4.90 Å². The highest BCUT2D eigenvalue weighted by molar-refractivity contribution is 4.77. The molecule has 1 nitrogen and oxygen atoms in total. The normalized spacial score (nSPS) is 14.2. The Morgan fingerprint density at radius 1 is 0.909 bits per heavy atom. The molecule has 0 radical (unpaired) electrons. The van der Waals surface area contributed by atoms with Crippen LogP contribution in [0.15, 0.2) is 0 Å². The molecule has 0 aromatic rings. The van der Waals surface area contributed by atoms with Crippen molar-refractivity contribution < 1.29 is 0 Å². The van der Waals surface area contributed by atoms with Gasteiger partial charge in [-0.25, -0.2) is 0 Å². The van der Waals surface area contributed by atoms with E-state index in [0.29, 0.717) is 11.0 Å². The first-order valence-electron chi connectivity index (χ1n) is 4.34. The quantitative estimate of drug-likeness (QED) is 0.565. The van der Waals surface area contributed by atoms with E-state index in [9.17, 15) is 0 Å². The lowest BCUT2D eigenvalue weighted by Gasteiger charge is -2.36. The zero-order valence-corrected chi connectivity index (χ0v) is 9.15. The van der Waals surface area contributed by atoms with Gasteiger partial charge in [-0.3, -0.25) is 0 Å². The van der Waals surface area contributed by atoms with Crippen LogP contribution in [0.3, 0.4) is 0 Å². The van der Waals surface area contributed by atoms with Crippen LogP contribution < -0.4 is 0 Å². The smallest absolute Gasteiger partial charge is 0.0122 e. The molecule has 0 rings (SSSR count). The zero-order chi connectivity index (χ0) is 9.28. The van der Waals surface area contributed by atoms with Crippen LogP contribution in [0.4, 0.5) is 0 Å². The molecule has 0 aliphatic heterocycles. The Morgan fingerprint density at radius 3 is 1.36 bits per heavy atom. The molecule has 0 bridgehead atoms. The van der Waals surface area contributed by atoms with Crippen molar-refractivity contribution in [2.24, 2.45) is 5.41 Å². The average molecular weight is 157 g/mol. The van der Waals surface area contributed by atoms with E-state index >= 15 is 0 Å². The molecule has 68 valence electrons. The van der Waals surface area contributed by atoms with Crippen LogP contribution in [0.5, 0.6) is 0 Å². The van der Waals surface area contributed by atoms with Crippen LogP contribution in [-0.4, -0.2) is 24.0 Å². The molecule has 0 fully saturated rings. The Bertz CT molecular complexity index is 114. The monoisotopic (exact) mass is 157 g/mol. The number of hydrogen-bond acceptors (Lipinski definition) is 1. The summed E-state index contributed by atoms with van der Waals surface area (Å²) in [6.07, 6.45) is 0. The molecule has 0 aromatic carbocycles. The topological polar surface area (TPSA) is 3.24 Å². The second-order valence-electron chi connectivity index (χ2n) is 5.59. The molecular weight excluding hydrogens is 134 g/mol. The second-order valence-corrected chi connectivity index (χ2v) is 5.59. The number of nitrogens with zero attached hydrogens (tertiary/aromatic N) is 1. The minimum atomic E-state index is 0.299. The van der Waals surface area contributed by atoms with Crippen LogP contribution in [0.2, 0.25) is 0 Å². The third kappa shape index (κ3) is 5.25. The van der Waals surface area contributed by atoms with Crippen LogP contribution in [-0.2, 0) is 0 Å². The lowest BCUT2D eigenvalue weighted by molar-refractivity contribution is 0.123. The van der Waals surface area contributed by atoms with Gasteiger partial charge in [0.25, 0.3) is 0 Å². The minimum Gasteiger partial charge on any atom is -0.301 e. The summed E-state index contributed by atoms with van der Waals surface area (Å²) in [4.78, 5) is 2.40. The maximum absolute atomic E-state index is 2.40. The molecule has 0 heterocycles. The predicted molar refractivity (Wildman–Crippen MR) is 51.8 cm³/mol. The summed E-state index contributed by atoms with van der Waals surface area (Å²) < 4.78 is 0. The standard InChI is InChI=1S/C10H23N/c1-9(2,3)8-11(7)10(4,5)6/h8H2,1-7H3. The van der Waals surface area contributed by atoms with Gasteiger partial charge >= 0.3 is 0 Å². The van der Waals surface area contributed by atoms with Crippen molar-refractivity contribution in [2.75, 3.05) is 13.6 Å². The van der Waals surface area contributed by atoms with Gasteiger partial charge in [-0.1, -0.05) is 20.8 Å². The molecule has 0 unspecified atom stereocenters. The summed E-state index contributed by atoms with van der Waals surface area (Å²) in [5, 5.41) is 0. The van der Waals surface area contributed by atoms with Crippen molar-refractivity contribution in [1.29, 1.82) is 0 Å². The van der Waals surface area contributed by atoms with E-state index in [-0.39, 0.29) is 0 Å². The molecule has 0 aliphatic rings. The molecule has 0 saturated heterocycles. The van der Waals surface area contributed by atoms with Gasteiger partial charge in [0, 0.05) is 12.1 Å². The first-order chi connectivity index (χ1) is 4.63. The maximum Gasteiger partial charge on any atom is 0.0122 e. The van der Waals surface area contributed by atoms with Crippen LogP contribution in [0.1, 0.15) is 41.5 Å². The van der Waals surface area contributed by atoms with Crippen LogP contribution in [0.25, 0.3) is 0 Å². The average Bonchev–Trinajstić information content (AvgIpc) is 1.56. The molecule has 0 aromatic heterocycles. The van der Waals surface area contributed by atoms with E-state index in [1.807, 2.05) is 0 Å². The van der Waals surface area contributed by atoms with E-state index in [0.717, 1.165) is 6.54 Å². The Hall–Kier alpha value is -0.0400. The summed E-state index contributed by atoms with van der Waals surface area (Å²) in [5.41, 5.74) is 0.704. The van der Waals surface area contributed by atoms with Gasteiger partial charge in [-0.2, -0.15) is 0 Å². The Balaban J connectivity index is 3.99. The SMILES string of the molecule is CN(CC(C)(C)C)C(C)(C)C. The molecule has 0 amide bonds. The van der Waals surface area contributed by atoms with Gasteiger partial charge in [0.05, 0.1) is 0 Å². The Kier molecular flexibility index (Phi) is 3.13. The molecule has 1 heteroatoms. The lowest BCUT2D eigenvalue weighted by Crippen LogP contribution is -2.42. The summed E-state index contributed by atoms with van der Waals surface area (Å²) in [6.45, 7) is 14.7. The number of hydrogen-bond donors (Lipinski definition) is 0. The highest BCUT2D eigenvalue weighted by Gasteiger charge is 2.21. The van der Waals surface area contributed by atoms with E-state index in [1.165, 1.54) is 0 Å². The molecule has 0 N–H and O–H groups in total. The van der Waals surface area contributed by atoms with Crippen molar-refractivity contribution in [3.63, 3.8) is 0 Å². The van der Waals surface area contributed by atoms with Crippen molar-refractivity contribution in [3.8, 4) is 0 Å². The molecule has 0 spiro atoms. The van der Waals surface area contributed by atoms with Crippen molar-refractivity contribution in [1.82, 2.24) is 4.90 Å². The fourth-order valence-electron chi connectivity index (χ4n) is 0.949. The van der Waals surface area contributed by atoms with Crippen molar-refractivity contribution in [3.05, 3.63) is 0 Å². The van der Waals surface area contributed by atoms with Crippen molar-refractivity contribution in [2.45, 2.75) is 47.1 Å². The third-order valence-electron chi connectivity index (χ3n) is 1.86. The molecule has 0 atom stereocenters. The van der Waals surface area contributed by atoms with Gasteiger partial charge in [0.15, 0.2) is 0 Å². The zero-order valence-electron chi connectivity index (χ0n) is 9.15. The van der Waals surface area contributed by atoms with Crippen molar-refractivity contribution >= 4 is 0 Å². The third-order valence-corrected chi connectivity index (χ3v) is 1.86. The summed E-state index contributed by atoms with van der Waals surface area (Å²) in [5.74, 6) is 0.